The van der Waals surface area contributed by atoms with Gasteiger partial charge in [0.2, 0.25) is 0 Å². The molecule has 2 heterocycles. The number of benzene rings is 5. The Kier molecular flexibility index (Phi) is 5.99. The van der Waals surface area contributed by atoms with Crippen LogP contribution in [-0.4, -0.2) is 5.78 Å². The minimum atomic E-state index is -1.23. The molecule has 2 heteroatoms. The summed E-state index contributed by atoms with van der Waals surface area (Å²) in [5.74, 6) is -0.348. The molecule has 2 aliphatic heterocycles. The SMILES string of the molecule is O=C1C(c2ccccc2)=C[C@]2(c3ccccc3)O[C@@]1(c1ccccc1)[C@H]1C(=C(c3ccccc3)c3ccccc3)C=C[C@H]12. The Labute approximate surface area is 252 Å². The average Bonchev–Trinajstić information content (AvgIpc) is 3.63. The molecule has 5 aromatic rings. The van der Waals surface area contributed by atoms with E-state index in [9.17, 15) is 0 Å². The molecule has 0 amide bonds. The first kappa shape index (κ1) is 25.6. The Morgan fingerprint density at radius 2 is 1.07 bits per heavy atom. The summed E-state index contributed by atoms with van der Waals surface area (Å²) in [6.07, 6.45) is 6.67. The van der Waals surface area contributed by atoms with E-state index in [1.807, 2.05) is 66.7 Å². The van der Waals surface area contributed by atoms with E-state index in [0.717, 1.165) is 39.0 Å². The summed E-state index contributed by atoms with van der Waals surface area (Å²) in [5, 5.41) is 0. The Balaban J connectivity index is 1.47. The van der Waals surface area contributed by atoms with Gasteiger partial charge in [0.05, 0.1) is 0 Å². The first-order valence-electron chi connectivity index (χ1n) is 14.9. The maximum Gasteiger partial charge on any atom is 0.200 e. The van der Waals surface area contributed by atoms with Crippen LogP contribution in [0.3, 0.4) is 0 Å². The van der Waals surface area contributed by atoms with Crippen molar-refractivity contribution in [1.29, 1.82) is 0 Å². The predicted molar refractivity (Wildman–Crippen MR) is 172 cm³/mol. The lowest BCUT2D eigenvalue weighted by Gasteiger charge is -2.41. The van der Waals surface area contributed by atoms with Crippen LogP contribution >= 0.6 is 0 Å². The predicted octanol–water partition coefficient (Wildman–Crippen LogP) is 8.78. The van der Waals surface area contributed by atoms with E-state index in [1.165, 1.54) is 0 Å². The van der Waals surface area contributed by atoms with Crippen LogP contribution in [0.2, 0.25) is 0 Å². The largest absolute Gasteiger partial charge is 0.345 e. The van der Waals surface area contributed by atoms with Crippen molar-refractivity contribution in [3.63, 3.8) is 0 Å². The van der Waals surface area contributed by atoms with Gasteiger partial charge in [-0.15, -0.1) is 0 Å². The van der Waals surface area contributed by atoms with E-state index >= 15 is 4.79 Å². The highest BCUT2D eigenvalue weighted by Gasteiger charge is 2.70. The fraction of sp³-hybridized carbons (Fsp3) is 0.0976. The van der Waals surface area contributed by atoms with Gasteiger partial charge in [0.15, 0.2) is 11.4 Å². The maximum absolute atomic E-state index is 15.2. The summed E-state index contributed by atoms with van der Waals surface area (Å²) in [4.78, 5) is 15.2. The zero-order valence-corrected chi connectivity index (χ0v) is 23.6. The molecular weight excluding hydrogens is 524 g/mol. The topological polar surface area (TPSA) is 26.3 Å². The lowest BCUT2D eigenvalue weighted by atomic mass is 9.69. The maximum atomic E-state index is 15.2. The molecule has 1 saturated heterocycles. The quantitative estimate of drug-likeness (QED) is 0.217. The van der Waals surface area contributed by atoms with Gasteiger partial charge in [-0.05, 0) is 45.0 Å². The molecule has 3 aliphatic rings. The number of Topliss-reactive ketones (excluding diaryl/α,β-unsaturated/α-hetero) is 1. The lowest BCUT2D eigenvalue weighted by Crippen LogP contribution is -2.46. The summed E-state index contributed by atoms with van der Waals surface area (Å²) in [6, 6.07) is 51.7. The molecule has 0 aromatic heterocycles. The van der Waals surface area contributed by atoms with Crippen molar-refractivity contribution in [3.05, 3.63) is 203 Å². The summed E-state index contributed by atoms with van der Waals surface area (Å²) < 4.78 is 7.42. The summed E-state index contributed by atoms with van der Waals surface area (Å²) in [7, 11) is 0. The van der Waals surface area contributed by atoms with Crippen LogP contribution in [0.15, 0.2) is 175 Å². The van der Waals surface area contributed by atoms with E-state index in [0.29, 0.717) is 5.57 Å². The third-order valence-electron chi connectivity index (χ3n) is 9.31. The molecule has 0 spiro atoms. The molecule has 1 aliphatic carbocycles. The van der Waals surface area contributed by atoms with Crippen LogP contribution in [0.1, 0.15) is 27.8 Å². The molecule has 8 rings (SSSR count). The first-order chi connectivity index (χ1) is 21.2. The minimum absolute atomic E-state index is 0.00521. The molecule has 43 heavy (non-hydrogen) atoms. The first-order valence-corrected chi connectivity index (χ1v) is 14.9. The molecular formula is C41H30O2. The Morgan fingerprint density at radius 1 is 0.581 bits per heavy atom. The van der Waals surface area contributed by atoms with Crippen LogP contribution in [0.25, 0.3) is 11.1 Å². The standard InChI is InChI=1S/C41H30O2/c42-39-35(29-16-6-1-7-17-29)28-40(32-22-12-4-13-23-32)36-27-26-34(38(36)41(39,43-40)33-24-14-5-15-25-33)37(30-18-8-2-9-19-30)31-20-10-3-11-21-31/h1-28,36,38H/t36-,38+,40-,41+/m1/s1. The third-order valence-corrected chi connectivity index (χ3v) is 9.31. The van der Waals surface area contributed by atoms with Crippen LogP contribution in [0.4, 0.5) is 0 Å². The number of carbonyl (C=O) groups is 1. The Morgan fingerprint density at radius 3 is 1.63 bits per heavy atom. The molecule has 0 saturated carbocycles. The summed E-state index contributed by atoms with van der Waals surface area (Å²) in [6.45, 7) is 0. The van der Waals surface area contributed by atoms with Crippen molar-refractivity contribution in [1.82, 2.24) is 0 Å². The highest BCUT2D eigenvalue weighted by atomic mass is 16.5. The van der Waals surface area contributed by atoms with Crippen molar-refractivity contribution >= 4 is 16.9 Å². The number of fused-ring (bicyclic) bond motifs is 5. The second-order valence-electron chi connectivity index (χ2n) is 11.5. The van der Waals surface area contributed by atoms with Gasteiger partial charge in [0, 0.05) is 17.4 Å². The van der Waals surface area contributed by atoms with Crippen molar-refractivity contribution < 1.29 is 9.53 Å². The van der Waals surface area contributed by atoms with Gasteiger partial charge in [-0.2, -0.15) is 0 Å². The van der Waals surface area contributed by atoms with Gasteiger partial charge in [-0.25, -0.2) is 0 Å². The van der Waals surface area contributed by atoms with Gasteiger partial charge in [0.1, 0.15) is 5.60 Å². The average molecular weight is 555 g/mol. The molecule has 1 fully saturated rings. The number of hydrogen-bond donors (Lipinski definition) is 0. The zero-order valence-electron chi connectivity index (χ0n) is 23.6. The van der Waals surface area contributed by atoms with E-state index in [2.05, 4.69) is 103 Å². The van der Waals surface area contributed by atoms with E-state index < -0.39 is 11.2 Å². The highest BCUT2D eigenvalue weighted by molar-refractivity contribution is 6.26. The van der Waals surface area contributed by atoms with Crippen molar-refractivity contribution in [2.24, 2.45) is 11.8 Å². The fourth-order valence-corrected chi connectivity index (χ4v) is 7.54. The van der Waals surface area contributed by atoms with Gasteiger partial charge >= 0.3 is 0 Å². The van der Waals surface area contributed by atoms with Gasteiger partial charge in [-0.1, -0.05) is 164 Å². The number of allylic oxidation sites excluding steroid dienone is 1. The summed E-state index contributed by atoms with van der Waals surface area (Å²) >= 11 is 0. The number of ether oxygens (including phenoxy) is 1. The Hall–Kier alpha value is -5.05. The zero-order chi connectivity index (χ0) is 28.9. The van der Waals surface area contributed by atoms with Crippen LogP contribution in [0, 0.1) is 11.8 Å². The van der Waals surface area contributed by atoms with Crippen LogP contribution < -0.4 is 0 Å². The second-order valence-corrected chi connectivity index (χ2v) is 11.5. The highest BCUT2D eigenvalue weighted by Crippen LogP contribution is 2.67. The molecule has 0 radical (unpaired) electrons. The van der Waals surface area contributed by atoms with Gasteiger partial charge < -0.3 is 4.74 Å². The van der Waals surface area contributed by atoms with Crippen LogP contribution in [-0.2, 0) is 20.7 Å². The fourth-order valence-electron chi connectivity index (χ4n) is 7.54. The van der Waals surface area contributed by atoms with E-state index in [1.54, 1.807) is 0 Å². The van der Waals surface area contributed by atoms with Crippen molar-refractivity contribution in [2.75, 3.05) is 0 Å². The number of carbonyl (C=O) groups excluding carboxylic acids is 1. The third kappa shape index (κ3) is 3.80. The molecule has 206 valence electrons. The number of rotatable bonds is 5. The minimum Gasteiger partial charge on any atom is -0.345 e. The van der Waals surface area contributed by atoms with Gasteiger partial charge in [0.25, 0.3) is 0 Å². The van der Waals surface area contributed by atoms with Crippen LogP contribution in [0.5, 0.6) is 0 Å². The van der Waals surface area contributed by atoms with Crippen molar-refractivity contribution in [2.45, 2.75) is 11.2 Å². The molecule has 0 unspecified atom stereocenters. The lowest BCUT2D eigenvalue weighted by molar-refractivity contribution is -0.152. The normalized spacial score (nSPS) is 25.3. The molecule has 2 nitrogen and oxygen atoms in total. The monoisotopic (exact) mass is 554 g/mol. The number of ketones is 1. The van der Waals surface area contributed by atoms with E-state index in [-0.39, 0.29) is 17.6 Å². The summed E-state index contributed by atoms with van der Waals surface area (Å²) in [5.41, 5.74) is 6.00. The second kappa shape index (κ2) is 10.0. The van der Waals surface area contributed by atoms with E-state index in [4.69, 9.17) is 4.74 Å². The Bertz CT molecular complexity index is 1850. The smallest absolute Gasteiger partial charge is 0.200 e. The van der Waals surface area contributed by atoms with Crippen molar-refractivity contribution in [3.8, 4) is 0 Å². The number of hydrogen-bond acceptors (Lipinski definition) is 2. The molecule has 0 N–H and O–H groups in total. The van der Waals surface area contributed by atoms with Gasteiger partial charge in [-0.3, -0.25) is 4.79 Å². The molecule has 2 bridgehead atoms. The molecule has 5 aromatic carbocycles. The molecule has 4 atom stereocenters.